The van der Waals surface area contributed by atoms with Gasteiger partial charge >= 0.3 is 0 Å². The number of nitrogens with two attached hydrogens (primary N) is 1. The van der Waals surface area contributed by atoms with Gasteiger partial charge < -0.3 is 11.1 Å². The van der Waals surface area contributed by atoms with E-state index in [9.17, 15) is 4.79 Å². The second-order valence-electron chi connectivity index (χ2n) is 5.58. The molecular formula is C17H28N2O. The highest BCUT2D eigenvalue weighted by atomic mass is 16.1. The topological polar surface area (TPSA) is 55.1 Å². The van der Waals surface area contributed by atoms with Crippen LogP contribution in [0.25, 0.3) is 0 Å². The number of unbranched alkanes of at least 4 members (excludes halogenated alkanes) is 2. The molecule has 1 aromatic carbocycles. The Morgan fingerprint density at radius 3 is 2.55 bits per heavy atom. The molecule has 0 radical (unpaired) electrons. The minimum atomic E-state index is 0.0732. The first-order chi connectivity index (χ1) is 9.65. The highest BCUT2D eigenvalue weighted by Gasteiger charge is 2.05. The van der Waals surface area contributed by atoms with Crippen LogP contribution in [0.3, 0.4) is 0 Å². The van der Waals surface area contributed by atoms with Crippen molar-refractivity contribution >= 4 is 11.6 Å². The largest absolute Gasteiger partial charge is 0.330 e. The zero-order chi connectivity index (χ0) is 14.8. The number of benzene rings is 1. The van der Waals surface area contributed by atoms with Crippen LogP contribution in [-0.4, -0.2) is 12.5 Å². The number of carbonyl (C=O) groups is 1. The molecule has 1 amide bonds. The van der Waals surface area contributed by atoms with Gasteiger partial charge in [0.1, 0.15) is 0 Å². The molecule has 3 heteroatoms. The van der Waals surface area contributed by atoms with Gasteiger partial charge in [0.2, 0.25) is 5.91 Å². The third kappa shape index (κ3) is 6.71. The average Bonchev–Trinajstić information content (AvgIpc) is 2.47. The summed E-state index contributed by atoms with van der Waals surface area (Å²) in [7, 11) is 0. The fourth-order valence-corrected chi connectivity index (χ4v) is 2.05. The summed E-state index contributed by atoms with van der Waals surface area (Å²) in [5.74, 6) is 0.478. The molecule has 0 heterocycles. The third-order valence-electron chi connectivity index (χ3n) is 3.57. The quantitative estimate of drug-likeness (QED) is 0.675. The Bertz CT molecular complexity index is 386. The number of hydrogen-bond acceptors (Lipinski definition) is 2. The highest BCUT2D eigenvalue weighted by Crippen LogP contribution is 2.13. The maximum Gasteiger partial charge on any atom is 0.224 e. The lowest BCUT2D eigenvalue weighted by Crippen LogP contribution is -2.16. The zero-order valence-electron chi connectivity index (χ0n) is 12.8. The monoisotopic (exact) mass is 276 g/mol. The van der Waals surface area contributed by atoms with E-state index in [1.54, 1.807) is 0 Å². The maximum absolute atomic E-state index is 11.8. The molecule has 0 saturated carbocycles. The zero-order valence-corrected chi connectivity index (χ0v) is 12.8. The Kier molecular flexibility index (Phi) is 7.97. The molecular weight excluding hydrogens is 248 g/mol. The van der Waals surface area contributed by atoms with Gasteiger partial charge in [-0.15, -0.1) is 0 Å². The first kappa shape index (κ1) is 16.7. The number of rotatable bonds is 9. The molecule has 1 atom stereocenters. The average molecular weight is 276 g/mol. The minimum absolute atomic E-state index is 0.0732. The van der Waals surface area contributed by atoms with Crippen LogP contribution in [0.4, 0.5) is 5.69 Å². The fraction of sp³-hybridized carbons (Fsp3) is 0.588. The molecule has 0 saturated heterocycles. The molecule has 1 unspecified atom stereocenters. The summed E-state index contributed by atoms with van der Waals surface area (Å²) in [6.45, 7) is 4.92. The third-order valence-corrected chi connectivity index (χ3v) is 3.57. The molecule has 0 aromatic heterocycles. The minimum Gasteiger partial charge on any atom is -0.330 e. The predicted octanol–water partition coefficient (Wildman–Crippen LogP) is 3.73. The van der Waals surface area contributed by atoms with Crippen molar-refractivity contribution in [3.05, 3.63) is 29.8 Å². The molecule has 3 N–H and O–H groups in total. The standard InChI is InChI=1S/C17H28N2O/c1-3-4-5-6-15-8-10-16(11-9-15)19-17(20)12-7-14(2)13-18/h8-11,14H,3-7,12-13,18H2,1-2H3,(H,19,20). The Morgan fingerprint density at radius 1 is 1.25 bits per heavy atom. The van der Waals surface area contributed by atoms with Crippen LogP contribution in [0.5, 0.6) is 0 Å². The number of carbonyl (C=O) groups excluding carboxylic acids is 1. The number of hydrogen-bond donors (Lipinski definition) is 2. The van der Waals surface area contributed by atoms with Crippen molar-refractivity contribution in [2.45, 2.75) is 52.4 Å². The van der Waals surface area contributed by atoms with E-state index in [0.29, 0.717) is 18.9 Å². The van der Waals surface area contributed by atoms with Crippen LogP contribution in [0.1, 0.15) is 51.5 Å². The Labute approximate surface area is 122 Å². The van der Waals surface area contributed by atoms with Crippen molar-refractivity contribution in [1.82, 2.24) is 0 Å². The van der Waals surface area contributed by atoms with Crippen LogP contribution >= 0.6 is 0 Å². The molecule has 20 heavy (non-hydrogen) atoms. The summed E-state index contributed by atoms with van der Waals surface area (Å²) in [5.41, 5.74) is 7.77. The van der Waals surface area contributed by atoms with Crippen molar-refractivity contribution in [2.24, 2.45) is 11.7 Å². The lowest BCUT2D eigenvalue weighted by Gasteiger charge is -2.09. The Hall–Kier alpha value is -1.35. The molecule has 1 rings (SSSR count). The molecule has 0 spiro atoms. The lowest BCUT2D eigenvalue weighted by atomic mass is 10.1. The fourth-order valence-electron chi connectivity index (χ4n) is 2.05. The molecule has 0 aliphatic heterocycles. The summed E-state index contributed by atoms with van der Waals surface area (Å²) < 4.78 is 0. The van der Waals surface area contributed by atoms with Crippen molar-refractivity contribution in [1.29, 1.82) is 0 Å². The lowest BCUT2D eigenvalue weighted by molar-refractivity contribution is -0.116. The van der Waals surface area contributed by atoms with E-state index in [2.05, 4.69) is 31.3 Å². The van der Waals surface area contributed by atoms with Gasteiger partial charge in [-0.05, 0) is 49.4 Å². The van der Waals surface area contributed by atoms with E-state index in [-0.39, 0.29) is 5.91 Å². The Morgan fingerprint density at radius 2 is 1.95 bits per heavy atom. The highest BCUT2D eigenvalue weighted by molar-refractivity contribution is 5.90. The van der Waals surface area contributed by atoms with E-state index in [0.717, 1.165) is 18.5 Å². The van der Waals surface area contributed by atoms with Gasteiger partial charge in [0.25, 0.3) is 0 Å². The molecule has 3 nitrogen and oxygen atoms in total. The van der Waals surface area contributed by atoms with Gasteiger partial charge in [-0.1, -0.05) is 38.8 Å². The van der Waals surface area contributed by atoms with Gasteiger partial charge in [-0.25, -0.2) is 0 Å². The summed E-state index contributed by atoms with van der Waals surface area (Å²) in [6, 6.07) is 8.19. The van der Waals surface area contributed by atoms with E-state index in [1.165, 1.54) is 24.8 Å². The second-order valence-corrected chi connectivity index (χ2v) is 5.58. The van der Waals surface area contributed by atoms with Gasteiger partial charge in [-0.2, -0.15) is 0 Å². The summed E-state index contributed by atoms with van der Waals surface area (Å²) in [4.78, 5) is 11.8. The molecule has 0 fully saturated rings. The summed E-state index contributed by atoms with van der Waals surface area (Å²) in [6.07, 6.45) is 6.26. The van der Waals surface area contributed by atoms with Gasteiger partial charge in [0.15, 0.2) is 0 Å². The number of nitrogens with one attached hydrogen (secondary N) is 1. The number of anilines is 1. The van der Waals surface area contributed by atoms with Crippen LogP contribution < -0.4 is 11.1 Å². The van der Waals surface area contributed by atoms with Crippen molar-refractivity contribution in [3.8, 4) is 0 Å². The maximum atomic E-state index is 11.8. The van der Waals surface area contributed by atoms with Gasteiger partial charge in [0.05, 0.1) is 0 Å². The predicted molar refractivity (Wildman–Crippen MR) is 85.8 cm³/mol. The SMILES string of the molecule is CCCCCc1ccc(NC(=O)CCC(C)CN)cc1. The van der Waals surface area contributed by atoms with E-state index < -0.39 is 0 Å². The Balaban J connectivity index is 2.35. The van der Waals surface area contributed by atoms with Gasteiger partial charge in [0, 0.05) is 12.1 Å². The van der Waals surface area contributed by atoms with E-state index in [1.807, 2.05) is 12.1 Å². The molecule has 112 valence electrons. The summed E-state index contributed by atoms with van der Waals surface area (Å²) in [5, 5.41) is 2.94. The van der Waals surface area contributed by atoms with E-state index in [4.69, 9.17) is 5.73 Å². The first-order valence-electron chi connectivity index (χ1n) is 7.74. The number of amides is 1. The normalized spacial score (nSPS) is 12.2. The van der Waals surface area contributed by atoms with Crippen molar-refractivity contribution < 1.29 is 4.79 Å². The molecule has 1 aromatic rings. The van der Waals surface area contributed by atoms with Crippen LogP contribution in [0.15, 0.2) is 24.3 Å². The molecule has 0 aliphatic rings. The van der Waals surface area contributed by atoms with Crippen LogP contribution in [0.2, 0.25) is 0 Å². The van der Waals surface area contributed by atoms with Crippen molar-refractivity contribution in [2.75, 3.05) is 11.9 Å². The molecule has 0 aliphatic carbocycles. The van der Waals surface area contributed by atoms with Gasteiger partial charge in [-0.3, -0.25) is 4.79 Å². The first-order valence-corrected chi connectivity index (χ1v) is 7.74. The van der Waals surface area contributed by atoms with Crippen LogP contribution in [0, 0.1) is 5.92 Å². The summed E-state index contributed by atoms with van der Waals surface area (Å²) >= 11 is 0. The van der Waals surface area contributed by atoms with E-state index >= 15 is 0 Å². The van der Waals surface area contributed by atoms with Crippen molar-refractivity contribution in [3.63, 3.8) is 0 Å². The second kappa shape index (κ2) is 9.54. The van der Waals surface area contributed by atoms with Crippen LogP contribution in [-0.2, 0) is 11.2 Å². The smallest absolute Gasteiger partial charge is 0.224 e. The number of aryl methyl sites for hydroxylation is 1. The molecule has 0 bridgehead atoms.